The van der Waals surface area contributed by atoms with E-state index in [1.807, 2.05) is 13.8 Å². The van der Waals surface area contributed by atoms with Gasteiger partial charge in [-0.15, -0.1) is 0 Å². The lowest BCUT2D eigenvalue weighted by molar-refractivity contribution is -0.136. The number of rotatable bonds is 9. The summed E-state index contributed by atoms with van der Waals surface area (Å²) in [5, 5.41) is 0.362. The van der Waals surface area contributed by atoms with Gasteiger partial charge in [0.25, 0.3) is 0 Å². The van der Waals surface area contributed by atoms with E-state index in [2.05, 4.69) is 0 Å². The van der Waals surface area contributed by atoms with Crippen LogP contribution in [0.4, 0.5) is 0 Å². The Morgan fingerprint density at radius 1 is 1.07 bits per heavy atom. The Labute approximate surface area is 175 Å². The molecule has 0 spiro atoms. The van der Waals surface area contributed by atoms with Crippen molar-refractivity contribution in [3.63, 3.8) is 0 Å². The SMILES string of the molecule is COc1ccc(C(=O)COC(=O)/C=C/c2cc(Cl)c(OC(C)C)c(OC)c2)cc1. The average Bonchev–Trinajstić information content (AvgIpc) is 2.71. The van der Waals surface area contributed by atoms with E-state index in [9.17, 15) is 9.59 Å². The van der Waals surface area contributed by atoms with E-state index in [-0.39, 0.29) is 18.5 Å². The van der Waals surface area contributed by atoms with E-state index >= 15 is 0 Å². The van der Waals surface area contributed by atoms with E-state index in [4.69, 9.17) is 30.5 Å². The van der Waals surface area contributed by atoms with Crippen LogP contribution in [0.15, 0.2) is 42.5 Å². The normalized spacial score (nSPS) is 10.8. The largest absolute Gasteiger partial charge is 0.497 e. The van der Waals surface area contributed by atoms with Gasteiger partial charge >= 0.3 is 5.97 Å². The van der Waals surface area contributed by atoms with Crippen molar-refractivity contribution in [1.29, 1.82) is 0 Å². The second-order valence-corrected chi connectivity index (χ2v) is 6.70. The highest BCUT2D eigenvalue weighted by molar-refractivity contribution is 6.32. The predicted molar refractivity (Wildman–Crippen MR) is 111 cm³/mol. The minimum atomic E-state index is -0.649. The molecule has 0 bridgehead atoms. The fraction of sp³-hybridized carbons (Fsp3) is 0.273. The van der Waals surface area contributed by atoms with Crippen molar-refractivity contribution in [3.05, 3.63) is 58.6 Å². The number of Topliss-reactive ketones (excluding diaryl/α,β-unsaturated/α-hetero) is 1. The fourth-order valence-corrected chi connectivity index (χ4v) is 2.66. The van der Waals surface area contributed by atoms with Gasteiger partial charge in [0.05, 0.1) is 25.3 Å². The maximum atomic E-state index is 12.1. The van der Waals surface area contributed by atoms with Gasteiger partial charge in [0.15, 0.2) is 23.9 Å². The number of carbonyl (C=O) groups excluding carboxylic acids is 2. The zero-order valence-electron chi connectivity index (χ0n) is 16.7. The van der Waals surface area contributed by atoms with Crippen molar-refractivity contribution in [2.24, 2.45) is 0 Å². The van der Waals surface area contributed by atoms with Crippen molar-refractivity contribution < 1.29 is 28.5 Å². The first-order valence-electron chi connectivity index (χ1n) is 8.90. The van der Waals surface area contributed by atoms with Gasteiger partial charge in [-0.1, -0.05) is 11.6 Å². The van der Waals surface area contributed by atoms with Gasteiger partial charge in [0.2, 0.25) is 0 Å². The van der Waals surface area contributed by atoms with Crippen LogP contribution in [0.2, 0.25) is 5.02 Å². The molecule has 0 radical (unpaired) electrons. The summed E-state index contributed by atoms with van der Waals surface area (Å²) in [6, 6.07) is 9.89. The summed E-state index contributed by atoms with van der Waals surface area (Å²) in [4.78, 5) is 24.0. The summed E-state index contributed by atoms with van der Waals surface area (Å²) in [6.07, 6.45) is 2.67. The van der Waals surface area contributed by atoms with Crippen molar-refractivity contribution in [2.45, 2.75) is 20.0 Å². The standard InChI is InChI=1S/C22H23ClO6/c1-14(2)29-22-18(23)11-15(12-20(22)27-4)5-10-21(25)28-13-19(24)16-6-8-17(26-3)9-7-16/h5-12,14H,13H2,1-4H3/b10-5+. The molecule has 0 unspecified atom stereocenters. The van der Waals surface area contributed by atoms with Crippen molar-refractivity contribution in [1.82, 2.24) is 0 Å². The Morgan fingerprint density at radius 3 is 2.34 bits per heavy atom. The maximum absolute atomic E-state index is 12.1. The molecule has 29 heavy (non-hydrogen) atoms. The van der Waals surface area contributed by atoms with Crippen LogP contribution in [-0.2, 0) is 9.53 Å². The maximum Gasteiger partial charge on any atom is 0.331 e. The quantitative estimate of drug-likeness (QED) is 0.337. The molecule has 0 aliphatic rings. The predicted octanol–water partition coefficient (Wildman–Crippen LogP) is 4.58. The van der Waals surface area contributed by atoms with Crippen molar-refractivity contribution in [3.8, 4) is 17.2 Å². The van der Waals surface area contributed by atoms with Crippen LogP contribution < -0.4 is 14.2 Å². The van der Waals surface area contributed by atoms with Crippen LogP contribution in [0.25, 0.3) is 6.08 Å². The van der Waals surface area contributed by atoms with Gasteiger partial charge in [0.1, 0.15) is 5.75 Å². The number of methoxy groups -OCH3 is 2. The van der Waals surface area contributed by atoms with Gasteiger partial charge in [0, 0.05) is 11.6 Å². The molecule has 6 nitrogen and oxygen atoms in total. The molecule has 2 aromatic carbocycles. The number of hydrogen-bond acceptors (Lipinski definition) is 6. The number of benzene rings is 2. The van der Waals surface area contributed by atoms with Gasteiger partial charge in [-0.05, 0) is 61.9 Å². The smallest absolute Gasteiger partial charge is 0.331 e. The van der Waals surface area contributed by atoms with E-state index in [0.717, 1.165) is 0 Å². The molecule has 0 aromatic heterocycles. The molecule has 0 amide bonds. The van der Waals surface area contributed by atoms with Crippen LogP contribution in [-0.4, -0.2) is 38.7 Å². The lowest BCUT2D eigenvalue weighted by Crippen LogP contribution is -2.12. The highest BCUT2D eigenvalue weighted by Gasteiger charge is 2.13. The molecule has 154 valence electrons. The van der Waals surface area contributed by atoms with E-state index < -0.39 is 5.97 Å². The number of ether oxygens (including phenoxy) is 4. The molecule has 0 N–H and O–H groups in total. The van der Waals surface area contributed by atoms with Crippen molar-refractivity contribution >= 4 is 29.4 Å². The number of carbonyl (C=O) groups is 2. The van der Waals surface area contributed by atoms with E-state index in [0.29, 0.717) is 33.4 Å². The zero-order chi connectivity index (χ0) is 21.4. The lowest BCUT2D eigenvalue weighted by Gasteiger charge is -2.15. The first-order valence-corrected chi connectivity index (χ1v) is 9.28. The minimum Gasteiger partial charge on any atom is -0.497 e. The first-order chi connectivity index (χ1) is 13.8. The lowest BCUT2D eigenvalue weighted by atomic mass is 10.1. The molecule has 0 aliphatic heterocycles. The average molecular weight is 419 g/mol. The number of halogens is 1. The van der Waals surface area contributed by atoms with Crippen LogP contribution in [0, 0.1) is 0 Å². The van der Waals surface area contributed by atoms with Crippen LogP contribution in [0.5, 0.6) is 17.2 Å². The summed E-state index contributed by atoms with van der Waals surface area (Å²) in [5.41, 5.74) is 1.06. The topological polar surface area (TPSA) is 71.1 Å². The van der Waals surface area contributed by atoms with Gasteiger partial charge in [-0.2, -0.15) is 0 Å². The number of esters is 1. The Morgan fingerprint density at radius 2 is 1.76 bits per heavy atom. The molecule has 0 atom stereocenters. The van der Waals surface area contributed by atoms with Gasteiger partial charge < -0.3 is 18.9 Å². The molecular formula is C22H23ClO6. The van der Waals surface area contributed by atoms with Crippen LogP contribution in [0.3, 0.4) is 0 Å². The molecule has 0 saturated heterocycles. The second kappa shape index (κ2) is 10.5. The summed E-state index contributed by atoms with van der Waals surface area (Å²) in [7, 11) is 3.05. The molecule has 0 saturated carbocycles. The highest BCUT2D eigenvalue weighted by atomic mass is 35.5. The summed E-state index contributed by atoms with van der Waals surface area (Å²) in [5.74, 6) is 0.571. The minimum absolute atomic E-state index is 0.0685. The third kappa shape index (κ3) is 6.54. The highest BCUT2D eigenvalue weighted by Crippen LogP contribution is 2.37. The molecule has 2 rings (SSSR count). The Hall–Kier alpha value is -2.99. The molecule has 0 heterocycles. The first kappa shape index (κ1) is 22.3. The number of hydrogen-bond donors (Lipinski definition) is 0. The number of ketones is 1. The van der Waals surface area contributed by atoms with Crippen LogP contribution in [0.1, 0.15) is 29.8 Å². The molecule has 2 aromatic rings. The van der Waals surface area contributed by atoms with Crippen molar-refractivity contribution in [2.75, 3.05) is 20.8 Å². The van der Waals surface area contributed by atoms with Gasteiger partial charge in [-0.3, -0.25) is 4.79 Å². The third-order valence-corrected chi connectivity index (χ3v) is 4.06. The third-order valence-electron chi connectivity index (χ3n) is 3.77. The van der Waals surface area contributed by atoms with Gasteiger partial charge in [-0.25, -0.2) is 4.79 Å². The van der Waals surface area contributed by atoms with E-state index in [1.54, 1.807) is 43.5 Å². The molecule has 0 aliphatic carbocycles. The molecular weight excluding hydrogens is 396 g/mol. The Bertz CT molecular complexity index is 887. The fourth-order valence-electron chi connectivity index (χ4n) is 2.40. The summed E-state index contributed by atoms with van der Waals surface area (Å²) >= 11 is 6.26. The monoisotopic (exact) mass is 418 g/mol. The second-order valence-electron chi connectivity index (χ2n) is 6.29. The molecule has 7 heteroatoms. The molecule has 0 fully saturated rings. The summed E-state index contributed by atoms with van der Waals surface area (Å²) < 4.78 is 21.0. The van der Waals surface area contributed by atoms with Crippen LogP contribution >= 0.6 is 11.6 Å². The summed E-state index contributed by atoms with van der Waals surface area (Å²) in [6.45, 7) is 3.40. The Kier molecular flexibility index (Phi) is 8.09. The zero-order valence-corrected chi connectivity index (χ0v) is 17.5. The van der Waals surface area contributed by atoms with E-state index in [1.165, 1.54) is 19.3 Å². The Balaban J connectivity index is 1.99.